The molecule has 9 aromatic rings. The van der Waals surface area contributed by atoms with Crippen molar-refractivity contribution in [3.63, 3.8) is 0 Å². The van der Waals surface area contributed by atoms with Crippen molar-refractivity contribution in [1.29, 1.82) is 0 Å². The average Bonchev–Trinajstić information content (AvgIpc) is 3.95. The maximum atomic E-state index is 6.81. The zero-order valence-corrected chi connectivity index (χ0v) is 44.2. The van der Waals surface area contributed by atoms with Crippen LogP contribution < -0.4 is 14.5 Å². The second-order valence-corrected chi connectivity index (χ2v) is 21.6. The fraction of sp³-hybridized carbons (Fsp3) is 0.219. The van der Waals surface area contributed by atoms with Gasteiger partial charge >= 0.3 is 0 Å². The van der Waals surface area contributed by atoms with Gasteiger partial charge in [0.15, 0.2) is 0 Å². The molecule has 0 spiro atoms. The molecule has 0 fully saturated rings. The summed E-state index contributed by atoms with van der Waals surface area (Å²) in [5.41, 5.74) is 13.0. The third-order valence-corrected chi connectivity index (χ3v) is 14.0. The first-order chi connectivity index (χ1) is 32.9. The Hall–Kier alpha value is -6.68. The van der Waals surface area contributed by atoms with Crippen LogP contribution in [0, 0.1) is 18.8 Å². The summed E-state index contributed by atoms with van der Waals surface area (Å²) >= 11 is 0. The van der Waals surface area contributed by atoms with Crippen LogP contribution in [0.2, 0.25) is 0 Å². The van der Waals surface area contributed by atoms with Crippen molar-refractivity contribution in [2.75, 3.05) is 9.80 Å². The SMILES string of the molecule is CC(C)(C)c1cc(N2C=C(C(C)(C)c3ccccc3)N(c3[c-]c(Oc4[c-]c5c(cc4)c4cc(-c6ccccc6)ccc4n5-c4cc(C(C)(C)c5ccccc5)ccn4)ccc3)[CH-]2)cc(C(C)(C)C)c1.[Pt]. The van der Waals surface area contributed by atoms with Crippen LogP contribution in [0.1, 0.15) is 97.1 Å². The van der Waals surface area contributed by atoms with E-state index in [0.29, 0.717) is 11.5 Å². The second-order valence-electron chi connectivity index (χ2n) is 21.6. The molecule has 0 radical (unpaired) electrons. The van der Waals surface area contributed by atoms with E-state index in [1.807, 2.05) is 24.4 Å². The molecule has 0 atom stereocenters. The van der Waals surface area contributed by atoms with Gasteiger partial charge in [0.1, 0.15) is 5.82 Å². The van der Waals surface area contributed by atoms with Crippen LogP contribution in [-0.2, 0) is 42.7 Å². The topological polar surface area (TPSA) is 33.5 Å². The van der Waals surface area contributed by atoms with Crippen molar-refractivity contribution in [3.8, 4) is 28.4 Å². The van der Waals surface area contributed by atoms with E-state index < -0.39 is 0 Å². The number of hydrogen-bond acceptors (Lipinski definition) is 4. The molecular formula is C64H61N4OPt-3. The molecule has 0 unspecified atom stereocenters. The van der Waals surface area contributed by atoms with Gasteiger partial charge in [0.25, 0.3) is 0 Å². The van der Waals surface area contributed by atoms with E-state index in [0.717, 1.165) is 50.3 Å². The number of ether oxygens (including phenoxy) is 1. The normalized spacial score (nSPS) is 13.4. The Morgan fingerprint density at radius 2 is 1.11 bits per heavy atom. The summed E-state index contributed by atoms with van der Waals surface area (Å²) in [4.78, 5) is 9.57. The Morgan fingerprint density at radius 3 is 1.76 bits per heavy atom. The molecule has 0 N–H and O–H groups in total. The van der Waals surface area contributed by atoms with Crippen LogP contribution in [0.3, 0.4) is 0 Å². The molecule has 6 heteroatoms. The molecule has 70 heavy (non-hydrogen) atoms. The van der Waals surface area contributed by atoms with E-state index in [1.165, 1.54) is 33.4 Å². The first-order valence-corrected chi connectivity index (χ1v) is 24.1. The summed E-state index contributed by atoms with van der Waals surface area (Å²) in [5.74, 6) is 2.00. The van der Waals surface area contributed by atoms with Gasteiger partial charge in [0, 0.05) is 66.5 Å². The molecule has 1 aliphatic rings. The van der Waals surface area contributed by atoms with E-state index in [9.17, 15) is 0 Å². The minimum atomic E-state index is -0.361. The molecule has 0 saturated heterocycles. The molecule has 0 saturated carbocycles. The van der Waals surface area contributed by atoms with Gasteiger partial charge < -0.3 is 19.1 Å². The van der Waals surface area contributed by atoms with Gasteiger partial charge in [-0.3, -0.25) is 0 Å². The molecule has 0 amide bonds. The average molecular weight is 1100 g/mol. The summed E-state index contributed by atoms with van der Waals surface area (Å²) in [6, 6.07) is 67.8. The van der Waals surface area contributed by atoms with E-state index in [2.05, 4.69) is 260 Å². The fourth-order valence-electron chi connectivity index (χ4n) is 9.58. The van der Waals surface area contributed by atoms with Crippen LogP contribution in [0.5, 0.6) is 11.5 Å². The van der Waals surface area contributed by atoms with Gasteiger partial charge in [-0.2, -0.15) is 12.1 Å². The molecule has 7 aromatic carbocycles. The summed E-state index contributed by atoms with van der Waals surface area (Å²) in [5, 5.41) is 2.19. The van der Waals surface area contributed by atoms with E-state index >= 15 is 0 Å². The van der Waals surface area contributed by atoms with Gasteiger partial charge in [-0.15, -0.1) is 48.1 Å². The summed E-state index contributed by atoms with van der Waals surface area (Å²) < 4.78 is 9.04. The van der Waals surface area contributed by atoms with Crippen LogP contribution in [-0.4, -0.2) is 9.55 Å². The first kappa shape index (κ1) is 48.3. The zero-order chi connectivity index (χ0) is 48.3. The Morgan fingerprint density at radius 1 is 0.500 bits per heavy atom. The number of aromatic nitrogens is 2. The standard InChI is InChI=1S/C64H61N4O.Pt/c1-61(2,3)49-36-50(62(4,5)6)38-52(37-49)66-42-59(64(9,10)47-25-18-13-19-26-47)67(43-66)51-27-20-28-53(40-51)69-54-30-31-55-56-35-45(44-21-14-11-15-22-44)29-32-57(56)68(58(55)41-54)60-39-48(33-34-65-60)63(7,8)46-23-16-12-17-24-46;/h11-39,42-43H,1-10H3;/q-3;. The third kappa shape index (κ3) is 9.25. The summed E-state index contributed by atoms with van der Waals surface area (Å²) in [7, 11) is 0. The van der Waals surface area contributed by atoms with Crippen molar-refractivity contribution in [3.05, 3.63) is 235 Å². The largest absolute Gasteiger partial charge is 0.509 e. The van der Waals surface area contributed by atoms with Crippen LogP contribution in [0.4, 0.5) is 11.4 Å². The van der Waals surface area contributed by atoms with Crippen molar-refractivity contribution >= 4 is 33.2 Å². The van der Waals surface area contributed by atoms with Gasteiger partial charge in [0.2, 0.25) is 0 Å². The van der Waals surface area contributed by atoms with Crippen molar-refractivity contribution in [1.82, 2.24) is 9.55 Å². The number of nitrogens with zero attached hydrogens (tertiary/aromatic N) is 4. The predicted octanol–water partition coefficient (Wildman–Crippen LogP) is 16.4. The quantitative estimate of drug-likeness (QED) is 0.128. The Labute approximate surface area is 429 Å². The molecule has 2 aromatic heterocycles. The van der Waals surface area contributed by atoms with Crippen LogP contribution >= 0.6 is 0 Å². The predicted molar refractivity (Wildman–Crippen MR) is 287 cm³/mol. The maximum Gasteiger partial charge on any atom is 0.135 e. The van der Waals surface area contributed by atoms with E-state index in [-0.39, 0.29) is 42.7 Å². The maximum absolute atomic E-state index is 6.81. The summed E-state index contributed by atoms with van der Waals surface area (Å²) in [6.07, 6.45) is 4.21. The number of fused-ring (bicyclic) bond motifs is 3. The molecule has 1 aliphatic heterocycles. The van der Waals surface area contributed by atoms with Gasteiger partial charge in [0.05, 0.1) is 0 Å². The fourth-order valence-corrected chi connectivity index (χ4v) is 9.58. The molecule has 5 nitrogen and oxygen atoms in total. The Bertz CT molecular complexity index is 3320. The minimum Gasteiger partial charge on any atom is -0.509 e. The van der Waals surface area contributed by atoms with Gasteiger partial charge in [-0.05, 0) is 91.7 Å². The minimum absolute atomic E-state index is 0. The molecule has 3 heterocycles. The molecule has 356 valence electrons. The van der Waals surface area contributed by atoms with E-state index in [1.54, 1.807) is 0 Å². The molecule has 0 bridgehead atoms. The van der Waals surface area contributed by atoms with Gasteiger partial charge in [-0.1, -0.05) is 184 Å². The van der Waals surface area contributed by atoms with Crippen LogP contribution in [0.25, 0.3) is 38.8 Å². The number of allylic oxidation sites excluding steroid dienone is 1. The number of pyridine rings is 1. The van der Waals surface area contributed by atoms with Crippen LogP contribution in [0.15, 0.2) is 188 Å². The van der Waals surface area contributed by atoms with Crippen molar-refractivity contribution in [2.45, 2.75) is 90.9 Å². The van der Waals surface area contributed by atoms with E-state index in [4.69, 9.17) is 9.72 Å². The number of rotatable bonds is 10. The molecule has 0 aliphatic carbocycles. The Kier molecular flexibility index (Phi) is 12.8. The first-order valence-electron chi connectivity index (χ1n) is 24.1. The van der Waals surface area contributed by atoms with Crippen molar-refractivity contribution in [2.24, 2.45) is 0 Å². The molecular weight excluding hydrogens is 1040 g/mol. The van der Waals surface area contributed by atoms with Crippen molar-refractivity contribution < 1.29 is 25.8 Å². The van der Waals surface area contributed by atoms with Gasteiger partial charge in [-0.25, -0.2) is 4.98 Å². The zero-order valence-electron chi connectivity index (χ0n) is 41.9. The summed E-state index contributed by atoms with van der Waals surface area (Å²) in [6.45, 7) is 25.1. The number of anilines is 2. The monoisotopic (exact) mass is 1100 g/mol. The third-order valence-electron chi connectivity index (χ3n) is 14.0. The number of benzene rings is 7. The smallest absolute Gasteiger partial charge is 0.135 e. The Balaban J connectivity index is 0.00000608. The number of hydrogen-bond donors (Lipinski definition) is 0. The molecule has 10 rings (SSSR count). The second kappa shape index (κ2) is 18.6.